The monoisotopic (exact) mass is 370 g/mol. The second kappa shape index (κ2) is 7.68. The second-order valence-corrected chi connectivity index (χ2v) is 6.06. The molecule has 1 N–H and O–H groups in total. The van der Waals surface area contributed by atoms with Gasteiger partial charge in [-0.25, -0.2) is 0 Å². The highest BCUT2D eigenvalue weighted by atomic mass is 35.5. The third kappa shape index (κ3) is 4.61. The molecule has 0 heterocycles. The molecule has 0 aliphatic heterocycles. The van der Waals surface area contributed by atoms with Crippen molar-refractivity contribution in [1.82, 2.24) is 4.90 Å². The first-order valence-corrected chi connectivity index (χ1v) is 7.77. The number of carbonyl (C=O) groups is 2. The van der Waals surface area contributed by atoms with E-state index >= 15 is 0 Å². The van der Waals surface area contributed by atoms with Crippen LogP contribution in [0.2, 0.25) is 15.1 Å². The van der Waals surface area contributed by atoms with E-state index in [0.29, 0.717) is 26.3 Å². The summed E-state index contributed by atoms with van der Waals surface area (Å²) in [5.74, 6) is -0.688. The largest absolute Gasteiger partial charge is 0.332 e. The lowest BCUT2D eigenvalue weighted by Gasteiger charge is -2.17. The zero-order chi connectivity index (χ0) is 17.0. The molecule has 0 saturated heterocycles. The molecule has 0 radical (unpaired) electrons. The van der Waals surface area contributed by atoms with Crippen molar-refractivity contribution in [2.75, 3.05) is 18.9 Å². The Balaban J connectivity index is 2.02. The molecule has 0 bridgehead atoms. The SMILES string of the molecule is CN(CC(=O)Nc1c(Cl)cccc1Cl)C(=O)c1ccc(Cl)cc1. The van der Waals surface area contributed by atoms with Gasteiger partial charge in [-0.15, -0.1) is 0 Å². The smallest absolute Gasteiger partial charge is 0.254 e. The van der Waals surface area contributed by atoms with Crippen LogP contribution in [-0.4, -0.2) is 30.3 Å². The molecule has 2 rings (SSSR count). The number of hydrogen-bond donors (Lipinski definition) is 1. The van der Waals surface area contributed by atoms with Crippen LogP contribution < -0.4 is 5.32 Å². The Morgan fingerprint density at radius 3 is 2.13 bits per heavy atom. The van der Waals surface area contributed by atoms with Crippen LogP contribution in [0.5, 0.6) is 0 Å². The Kier molecular flexibility index (Phi) is 5.88. The molecule has 120 valence electrons. The normalized spacial score (nSPS) is 10.3. The molecule has 0 aliphatic rings. The van der Waals surface area contributed by atoms with Gasteiger partial charge in [0.05, 0.1) is 22.3 Å². The van der Waals surface area contributed by atoms with Crippen LogP contribution in [0.25, 0.3) is 0 Å². The van der Waals surface area contributed by atoms with Crippen molar-refractivity contribution in [3.8, 4) is 0 Å². The van der Waals surface area contributed by atoms with Crippen molar-refractivity contribution < 1.29 is 9.59 Å². The molecule has 2 amide bonds. The lowest BCUT2D eigenvalue weighted by atomic mass is 10.2. The zero-order valence-corrected chi connectivity index (χ0v) is 14.4. The van der Waals surface area contributed by atoms with Crippen molar-refractivity contribution in [3.05, 3.63) is 63.1 Å². The van der Waals surface area contributed by atoms with Crippen LogP contribution in [0.1, 0.15) is 10.4 Å². The average Bonchev–Trinajstić information content (AvgIpc) is 2.51. The minimum absolute atomic E-state index is 0.136. The first-order valence-electron chi connectivity index (χ1n) is 6.63. The van der Waals surface area contributed by atoms with E-state index in [-0.39, 0.29) is 12.5 Å². The Labute approximate surface area is 148 Å². The number of halogens is 3. The molecule has 0 atom stereocenters. The van der Waals surface area contributed by atoms with Crippen molar-refractivity contribution in [2.45, 2.75) is 0 Å². The van der Waals surface area contributed by atoms with Crippen LogP contribution in [0.15, 0.2) is 42.5 Å². The maximum Gasteiger partial charge on any atom is 0.254 e. The minimum atomic E-state index is -0.398. The number of likely N-dealkylation sites (N-methyl/N-ethyl adjacent to an activating group) is 1. The standard InChI is InChI=1S/C16H13Cl3N2O2/c1-21(16(23)10-5-7-11(17)8-6-10)9-14(22)20-15-12(18)3-2-4-13(15)19/h2-8H,9H2,1H3,(H,20,22). The number of nitrogens with zero attached hydrogens (tertiary/aromatic N) is 1. The Bertz CT molecular complexity index is 712. The van der Waals surface area contributed by atoms with Gasteiger partial charge < -0.3 is 10.2 Å². The maximum absolute atomic E-state index is 12.2. The highest BCUT2D eigenvalue weighted by Crippen LogP contribution is 2.29. The second-order valence-electron chi connectivity index (χ2n) is 4.81. The van der Waals surface area contributed by atoms with Gasteiger partial charge in [0.1, 0.15) is 0 Å². The number of carbonyl (C=O) groups excluding carboxylic acids is 2. The van der Waals surface area contributed by atoms with E-state index in [1.807, 2.05) is 0 Å². The maximum atomic E-state index is 12.2. The summed E-state index contributed by atoms with van der Waals surface area (Å²) in [4.78, 5) is 25.6. The quantitative estimate of drug-likeness (QED) is 0.868. The number of nitrogens with one attached hydrogen (secondary N) is 1. The molecule has 0 spiro atoms. The Morgan fingerprint density at radius 1 is 1.00 bits per heavy atom. The summed E-state index contributed by atoms with van der Waals surface area (Å²) in [7, 11) is 1.53. The van der Waals surface area contributed by atoms with Gasteiger partial charge in [0.2, 0.25) is 5.91 Å². The van der Waals surface area contributed by atoms with E-state index in [1.54, 1.807) is 42.5 Å². The summed E-state index contributed by atoms with van der Waals surface area (Å²) in [5.41, 5.74) is 0.772. The first kappa shape index (κ1) is 17.6. The third-order valence-electron chi connectivity index (χ3n) is 3.05. The van der Waals surface area contributed by atoms with Crippen LogP contribution in [0.4, 0.5) is 5.69 Å². The molecule has 4 nitrogen and oxygen atoms in total. The predicted octanol–water partition coefficient (Wildman–Crippen LogP) is 4.36. The van der Waals surface area contributed by atoms with Gasteiger partial charge in [0.25, 0.3) is 5.91 Å². The molecule has 2 aromatic carbocycles. The fraction of sp³-hybridized carbons (Fsp3) is 0.125. The van der Waals surface area contributed by atoms with Gasteiger partial charge in [0.15, 0.2) is 0 Å². The van der Waals surface area contributed by atoms with Gasteiger partial charge in [-0.3, -0.25) is 9.59 Å². The zero-order valence-electron chi connectivity index (χ0n) is 12.1. The van der Waals surface area contributed by atoms with E-state index in [4.69, 9.17) is 34.8 Å². The molecule has 7 heteroatoms. The van der Waals surface area contributed by atoms with E-state index in [1.165, 1.54) is 11.9 Å². The minimum Gasteiger partial charge on any atom is -0.332 e. The van der Waals surface area contributed by atoms with Crippen molar-refractivity contribution in [1.29, 1.82) is 0 Å². The molecule has 0 saturated carbocycles. The summed E-state index contributed by atoms with van der Waals surface area (Å²) in [5, 5.41) is 3.81. The Morgan fingerprint density at radius 2 is 1.57 bits per heavy atom. The number of anilines is 1. The average molecular weight is 372 g/mol. The van der Waals surface area contributed by atoms with Crippen LogP contribution >= 0.6 is 34.8 Å². The number of benzene rings is 2. The van der Waals surface area contributed by atoms with Crippen molar-refractivity contribution >= 4 is 52.3 Å². The summed E-state index contributed by atoms with van der Waals surface area (Å²) in [6.45, 7) is -0.136. The summed E-state index contributed by atoms with van der Waals surface area (Å²) in [6, 6.07) is 11.3. The van der Waals surface area contributed by atoms with Crippen LogP contribution in [0.3, 0.4) is 0 Å². The predicted molar refractivity (Wildman–Crippen MR) is 93.5 cm³/mol. The fourth-order valence-electron chi connectivity index (χ4n) is 1.90. The third-order valence-corrected chi connectivity index (χ3v) is 3.93. The molecule has 0 aromatic heterocycles. The van der Waals surface area contributed by atoms with Gasteiger partial charge >= 0.3 is 0 Å². The Hall–Kier alpha value is -1.75. The van der Waals surface area contributed by atoms with Crippen LogP contribution in [-0.2, 0) is 4.79 Å². The van der Waals surface area contributed by atoms with E-state index in [2.05, 4.69) is 5.32 Å². The highest BCUT2D eigenvalue weighted by molar-refractivity contribution is 6.39. The number of amides is 2. The van der Waals surface area contributed by atoms with E-state index in [9.17, 15) is 9.59 Å². The molecule has 0 fully saturated rings. The summed E-state index contributed by atoms with van der Waals surface area (Å²) < 4.78 is 0. The molecule has 0 unspecified atom stereocenters. The van der Waals surface area contributed by atoms with Gasteiger partial charge in [-0.2, -0.15) is 0 Å². The number of para-hydroxylation sites is 1. The lowest BCUT2D eigenvalue weighted by molar-refractivity contribution is -0.116. The van der Waals surface area contributed by atoms with E-state index < -0.39 is 5.91 Å². The highest BCUT2D eigenvalue weighted by Gasteiger charge is 2.16. The van der Waals surface area contributed by atoms with Crippen molar-refractivity contribution in [3.63, 3.8) is 0 Å². The summed E-state index contributed by atoms with van der Waals surface area (Å²) in [6.07, 6.45) is 0. The molecule has 0 aliphatic carbocycles. The number of rotatable bonds is 4. The van der Waals surface area contributed by atoms with Gasteiger partial charge in [-0.1, -0.05) is 40.9 Å². The fourth-order valence-corrected chi connectivity index (χ4v) is 2.51. The molecular formula is C16H13Cl3N2O2. The van der Waals surface area contributed by atoms with Crippen molar-refractivity contribution in [2.24, 2.45) is 0 Å². The molecular weight excluding hydrogens is 359 g/mol. The summed E-state index contributed by atoms with van der Waals surface area (Å²) >= 11 is 17.8. The first-order chi connectivity index (χ1) is 10.9. The van der Waals surface area contributed by atoms with E-state index in [0.717, 1.165) is 0 Å². The van der Waals surface area contributed by atoms with Gasteiger partial charge in [-0.05, 0) is 36.4 Å². The van der Waals surface area contributed by atoms with Crippen LogP contribution in [0, 0.1) is 0 Å². The molecule has 23 heavy (non-hydrogen) atoms. The number of hydrogen-bond acceptors (Lipinski definition) is 2. The lowest BCUT2D eigenvalue weighted by Crippen LogP contribution is -2.35. The topological polar surface area (TPSA) is 49.4 Å². The van der Waals surface area contributed by atoms with Gasteiger partial charge in [0, 0.05) is 17.6 Å². The molecule has 2 aromatic rings.